The van der Waals surface area contributed by atoms with Gasteiger partial charge >= 0.3 is 0 Å². The average Bonchev–Trinajstić information content (AvgIpc) is 3.14. The van der Waals surface area contributed by atoms with Crippen LogP contribution >= 0.6 is 0 Å². The number of carbonyl (C=O) groups is 2. The fourth-order valence-electron chi connectivity index (χ4n) is 5.54. The van der Waals surface area contributed by atoms with Crippen LogP contribution in [-0.4, -0.2) is 23.8 Å². The van der Waals surface area contributed by atoms with Gasteiger partial charge in [-0.2, -0.15) is 0 Å². The highest BCUT2D eigenvalue weighted by atomic mass is 16.5. The first kappa shape index (κ1) is 24.5. The summed E-state index contributed by atoms with van der Waals surface area (Å²) in [4.78, 5) is 27.0. The zero-order valence-electron chi connectivity index (χ0n) is 21.4. The molecular formula is C33H28N2O4. The maximum Gasteiger partial charge on any atom is 0.193 e. The molecule has 0 saturated carbocycles. The summed E-state index contributed by atoms with van der Waals surface area (Å²) in [5.74, 6) is -0.162. The fraction of sp³-hybridized carbons (Fsp3) is 0.152. The predicted molar refractivity (Wildman–Crippen MR) is 151 cm³/mol. The molecular weight excluding hydrogens is 488 g/mol. The Morgan fingerprint density at radius 2 is 1.59 bits per heavy atom. The smallest absolute Gasteiger partial charge is 0.193 e. The Labute approximate surface area is 227 Å². The van der Waals surface area contributed by atoms with E-state index in [0.29, 0.717) is 23.3 Å². The molecule has 0 bridgehead atoms. The third-order valence-corrected chi connectivity index (χ3v) is 7.52. The second-order valence-electron chi connectivity index (χ2n) is 9.92. The summed E-state index contributed by atoms with van der Waals surface area (Å²) in [6, 6.07) is 29.4. The number of benzene rings is 4. The van der Waals surface area contributed by atoms with E-state index in [1.807, 2.05) is 66.7 Å². The number of allylic oxidation sites excluding steroid dienone is 1. The summed E-state index contributed by atoms with van der Waals surface area (Å²) < 4.78 is 5.37. The molecule has 6 nitrogen and oxygen atoms in total. The van der Waals surface area contributed by atoms with Crippen molar-refractivity contribution >= 4 is 22.9 Å². The highest BCUT2D eigenvalue weighted by Crippen LogP contribution is 2.45. The van der Waals surface area contributed by atoms with Crippen molar-refractivity contribution in [3.05, 3.63) is 131 Å². The normalized spacial score (nSPS) is 19.9. The van der Waals surface area contributed by atoms with E-state index in [9.17, 15) is 14.7 Å². The minimum Gasteiger partial charge on any atom is -0.504 e. The lowest BCUT2D eigenvalue weighted by molar-refractivity contribution is -0.122. The monoisotopic (exact) mass is 516 g/mol. The Morgan fingerprint density at radius 3 is 2.33 bits per heavy atom. The molecule has 3 N–H and O–H groups in total. The molecule has 194 valence electrons. The van der Waals surface area contributed by atoms with Gasteiger partial charge in [0.2, 0.25) is 0 Å². The Kier molecular flexibility index (Phi) is 6.37. The van der Waals surface area contributed by atoms with Crippen LogP contribution in [0.1, 0.15) is 45.4 Å². The molecule has 4 aromatic carbocycles. The number of aromatic hydroxyl groups is 1. The van der Waals surface area contributed by atoms with Crippen LogP contribution < -0.4 is 15.4 Å². The molecule has 6 rings (SSSR count). The summed E-state index contributed by atoms with van der Waals surface area (Å²) in [6.07, 6.45) is 2.51. The van der Waals surface area contributed by atoms with Crippen molar-refractivity contribution in [2.45, 2.75) is 18.4 Å². The number of ketones is 2. The molecule has 0 aromatic heterocycles. The third-order valence-electron chi connectivity index (χ3n) is 7.52. The van der Waals surface area contributed by atoms with Gasteiger partial charge in [0.15, 0.2) is 17.3 Å². The van der Waals surface area contributed by atoms with Crippen LogP contribution in [0.25, 0.3) is 0 Å². The van der Waals surface area contributed by atoms with Gasteiger partial charge in [0.25, 0.3) is 0 Å². The summed E-state index contributed by atoms with van der Waals surface area (Å²) in [6.45, 7) is 0. The number of carbonyl (C=O) groups excluding carboxylic acids is 2. The first-order valence-corrected chi connectivity index (χ1v) is 13.0. The van der Waals surface area contributed by atoms with Gasteiger partial charge in [0, 0.05) is 29.2 Å². The lowest BCUT2D eigenvalue weighted by Crippen LogP contribution is -2.33. The first-order valence-electron chi connectivity index (χ1n) is 13.0. The summed E-state index contributed by atoms with van der Waals surface area (Å²) in [5.41, 5.74) is 5.34. The zero-order valence-corrected chi connectivity index (χ0v) is 21.4. The largest absolute Gasteiger partial charge is 0.504 e. The summed E-state index contributed by atoms with van der Waals surface area (Å²) >= 11 is 0. The molecule has 0 unspecified atom stereocenters. The van der Waals surface area contributed by atoms with Crippen LogP contribution in [0, 0.1) is 5.92 Å². The van der Waals surface area contributed by atoms with Crippen molar-refractivity contribution in [2.75, 3.05) is 17.7 Å². The SMILES string of the molecule is COc1cc([C@H]2Nc3ccc(C(=O)c4ccccc4)cc3NC3=C[C@@H](c4ccccc4)CC(=O)[C@@H]32)ccc1O. The highest BCUT2D eigenvalue weighted by molar-refractivity contribution is 6.10. The van der Waals surface area contributed by atoms with E-state index in [1.165, 1.54) is 7.11 Å². The van der Waals surface area contributed by atoms with E-state index in [0.717, 1.165) is 28.2 Å². The number of phenolic OH excluding ortho intramolecular Hbond substituents is 1. The van der Waals surface area contributed by atoms with E-state index in [4.69, 9.17) is 4.74 Å². The lowest BCUT2D eigenvalue weighted by atomic mass is 9.76. The van der Waals surface area contributed by atoms with E-state index in [1.54, 1.807) is 30.3 Å². The van der Waals surface area contributed by atoms with E-state index in [-0.39, 0.29) is 23.2 Å². The fourth-order valence-corrected chi connectivity index (χ4v) is 5.54. The molecule has 6 heteroatoms. The quantitative estimate of drug-likeness (QED) is 0.264. The van der Waals surface area contributed by atoms with E-state index in [2.05, 4.69) is 16.7 Å². The minimum atomic E-state index is -0.500. The van der Waals surface area contributed by atoms with Crippen molar-refractivity contribution in [3.8, 4) is 11.5 Å². The van der Waals surface area contributed by atoms with E-state index < -0.39 is 12.0 Å². The van der Waals surface area contributed by atoms with Crippen molar-refractivity contribution in [2.24, 2.45) is 5.92 Å². The standard InChI is InChI=1S/C33H28N2O4/c1-39-30-19-22(13-15-28(30)36)32-31-27(17-24(18-29(31)37)20-8-4-2-5-9-20)34-26-16-23(12-14-25(26)35-32)33(38)21-10-6-3-7-11-21/h2-17,19,24,31-32,34-36H,18H2,1H3/t24-,31-,32-/m1/s1. The average molecular weight is 517 g/mol. The molecule has 0 radical (unpaired) electrons. The number of anilines is 2. The molecule has 4 aromatic rings. The summed E-state index contributed by atoms with van der Waals surface area (Å²) in [5, 5.41) is 17.3. The van der Waals surface area contributed by atoms with Crippen LogP contribution in [0.5, 0.6) is 11.5 Å². The highest BCUT2D eigenvalue weighted by Gasteiger charge is 2.40. The number of rotatable bonds is 5. The molecule has 39 heavy (non-hydrogen) atoms. The lowest BCUT2D eigenvalue weighted by Gasteiger charge is -2.32. The topological polar surface area (TPSA) is 87.7 Å². The van der Waals surface area contributed by atoms with Gasteiger partial charge in [-0.05, 0) is 41.5 Å². The first-order chi connectivity index (χ1) is 19.0. The van der Waals surface area contributed by atoms with Gasteiger partial charge in [0.1, 0.15) is 5.78 Å². The number of Topliss-reactive ketones (excluding diaryl/α,β-unsaturated/α-hetero) is 1. The van der Waals surface area contributed by atoms with Crippen LogP contribution in [0.4, 0.5) is 11.4 Å². The molecule has 1 aliphatic carbocycles. The summed E-state index contributed by atoms with van der Waals surface area (Å²) in [7, 11) is 1.50. The number of nitrogens with one attached hydrogen (secondary N) is 2. The maximum absolute atomic E-state index is 13.8. The number of fused-ring (bicyclic) bond motifs is 2. The predicted octanol–water partition coefficient (Wildman–Crippen LogP) is 6.47. The van der Waals surface area contributed by atoms with Crippen molar-refractivity contribution in [1.82, 2.24) is 0 Å². The van der Waals surface area contributed by atoms with Gasteiger partial charge in [-0.15, -0.1) is 0 Å². The molecule has 0 saturated heterocycles. The number of hydrogen-bond donors (Lipinski definition) is 3. The van der Waals surface area contributed by atoms with Crippen molar-refractivity contribution < 1.29 is 19.4 Å². The molecule has 2 aliphatic rings. The van der Waals surface area contributed by atoms with Gasteiger partial charge in [-0.1, -0.05) is 72.8 Å². The number of hydrogen-bond acceptors (Lipinski definition) is 6. The molecule has 0 spiro atoms. The Balaban J connectivity index is 1.46. The van der Waals surface area contributed by atoms with Crippen LogP contribution in [0.3, 0.4) is 0 Å². The minimum absolute atomic E-state index is 0.0346. The van der Waals surface area contributed by atoms with Crippen molar-refractivity contribution in [1.29, 1.82) is 0 Å². The molecule has 3 atom stereocenters. The molecule has 1 heterocycles. The van der Waals surface area contributed by atoms with Crippen LogP contribution in [-0.2, 0) is 4.79 Å². The molecule has 0 fully saturated rings. The third kappa shape index (κ3) is 4.66. The Bertz CT molecular complexity index is 1580. The maximum atomic E-state index is 13.8. The molecule has 1 aliphatic heterocycles. The van der Waals surface area contributed by atoms with E-state index >= 15 is 0 Å². The van der Waals surface area contributed by atoms with Crippen molar-refractivity contribution in [3.63, 3.8) is 0 Å². The van der Waals surface area contributed by atoms with Gasteiger partial charge in [0.05, 0.1) is 30.4 Å². The number of phenols is 1. The second-order valence-corrected chi connectivity index (χ2v) is 9.92. The zero-order chi connectivity index (χ0) is 26.9. The second kappa shape index (κ2) is 10.1. The van der Waals surface area contributed by atoms with Crippen LogP contribution in [0.2, 0.25) is 0 Å². The molecule has 0 amide bonds. The Morgan fingerprint density at radius 1 is 0.846 bits per heavy atom. The van der Waals surface area contributed by atoms with Gasteiger partial charge in [-0.3, -0.25) is 9.59 Å². The van der Waals surface area contributed by atoms with Crippen LogP contribution in [0.15, 0.2) is 109 Å². The van der Waals surface area contributed by atoms with Gasteiger partial charge < -0.3 is 20.5 Å². The number of methoxy groups -OCH3 is 1. The Hall–Kier alpha value is -4.84. The van der Waals surface area contributed by atoms with Gasteiger partial charge in [-0.25, -0.2) is 0 Å². The number of ether oxygens (including phenoxy) is 1.